The number of rotatable bonds is 5. The van der Waals surface area contributed by atoms with Gasteiger partial charge in [0.25, 0.3) is 0 Å². The number of piperidine rings is 1. The van der Waals surface area contributed by atoms with Crippen LogP contribution in [-0.4, -0.2) is 32.0 Å². The van der Waals surface area contributed by atoms with Crippen LogP contribution in [0, 0.1) is 5.92 Å². The number of nitrogens with one attached hydrogen (secondary N) is 4. The summed E-state index contributed by atoms with van der Waals surface area (Å²) in [4.78, 5) is 18.3. The molecule has 0 saturated carbocycles. The number of benzene rings is 1. The summed E-state index contributed by atoms with van der Waals surface area (Å²) in [6.45, 7) is 2.92. The number of ether oxygens (including phenoxy) is 1. The van der Waals surface area contributed by atoms with E-state index in [9.17, 15) is 4.79 Å². The molecule has 148 valence electrons. The predicted molar refractivity (Wildman–Crippen MR) is 101 cm³/mol. The molecular weight excluding hydrogens is 344 g/mol. The van der Waals surface area contributed by atoms with E-state index in [1.165, 1.54) is 16.7 Å². The summed E-state index contributed by atoms with van der Waals surface area (Å²) in [6.07, 6.45) is 4.53. The monoisotopic (exact) mass is 374 g/mol. The van der Waals surface area contributed by atoms with E-state index in [-0.39, 0.29) is 36.5 Å². The molecule has 1 amide bonds. The first-order chi connectivity index (χ1) is 13.2. The second-order valence-corrected chi connectivity index (χ2v) is 7.69. The number of carbonyl (C=O) groups is 1. The van der Waals surface area contributed by atoms with Crippen molar-refractivity contribution in [2.45, 2.75) is 63.7 Å². The van der Waals surface area contributed by atoms with E-state index in [1.807, 2.05) is 0 Å². The number of fused-ring (bicyclic) bond motifs is 1. The molecule has 2 fully saturated rings. The number of methoxy groups -OCH3 is 1. The minimum absolute atomic E-state index is 0.0199. The molecule has 4 N–H and O–H groups in total. The summed E-state index contributed by atoms with van der Waals surface area (Å²) in [5, 5.41) is 9.98. The molecule has 0 radical (unpaired) electrons. The number of carbonyl (C=O) groups excluding carboxylic acids is 1. The van der Waals surface area contributed by atoms with Gasteiger partial charge < -0.3 is 10.1 Å². The maximum atomic E-state index is 12.7. The van der Waals surface area contributed by atoms with Crippen LogP contribution in [0.3, 0.4) is 0 Å². The minimum atomic E-state index is -0.0199. The van der Waals surface area contributed by atoms with Crippen LogP contribution >= 0.6 is 0 Å². The Labute approximate surface area is 160 Å². The normalized spacial score (nSPS) is 33.0. The Kier molecular flexibility index (Phi) is 5.75. The first-order valence-electron chi connectivity index (χ1n) is 10.0. The highest BCUT2D eigenvalue weighted by atomic mass is 16.7. The Morgan fingerprint density at radius 1 is 1.37 bits per heavy atom. The van der Waals surface area contributed by atoms with Crippen LogP contribution < -0.4 is 21.4 Å². The molecule has 27 heavy (non-hydrogen) atoms. The summed E-state index contributed by atoms with van der Waals surface area (Å²) < 4.78 is 5.36. The largest absolute Gasteiger partial charge is 0.367 e. The Morgan fingerprint density at radius 3 is 3.04 bits per heavy atom. The van der Waals surface area contributed by atoms with E-state index in [0.717, 1.165) is 38.6 Å². The Bertz CT molecular complexity index is 683. The maximum absolute atomic E-state index is 12.7. The smallest absolute Gasteiger partial charge is 0.223 e. The van der Waals surface area contributed by atoms with Gasteiger partial charge in [0.05, 0.1) is 6.04 Å². The van der Waals surface area contributed by atoms with E-state index < -0.39 is 0 Å². The number of aryl methyl sites for hydroxylation is 1. The van der Waals surface area contributed by atoms with Crippen LogP contribution in [0.2, 0.25) is 0 Å². The van der Waals surface area contributed by atoms with Gasteiger partial charge in [-0.1, -0.05) is 25.1 Å². The molecule has 5 atom stereocenters. The molecule has 3 aliphatic rings. The number of hydrogen-bond acceptors (Lipinski definition) is 6. The third-order valence-electron chi connectivity index (χ3n) is 5.96. The van der Waals surface area contributed by atoms with Crippen LogP contribution in [0.4, 0.5) is 0 Å². The van der Waals surface area contributed by atoms with Gasteiger partial charge >= 0.3 is 0 Å². The maximum Gasteiger partial charge on any atom is 0.223 e. The highest BCUT2D eigenvalue weighted by Crippen LogP contribution is 2.34. The summed E-state index contributed by atoms with van der Waals surface area (Å²) in [6, 6.07) is 6.63. The third-order valence-corrected chi connectivity index (χ3v) is 5.96. The quantitative estimate of drug-likeness (QED) is 0.627. The van der Waals surface area contributed by atoms with E-state index in [2.05, 4.69) is 46.6 Å². The zero-order valence-corrected chi connectivity index (χ0v) is 16.1. The first kappa shape index (κ1) is 18.8. The van der Waals surface area contributed by atoms with Crippen LogP contribution in [0.25, 0.3) is 0 Å². The first-order valence-corrected chi connectivity index (χ1v) is 10.0. The summed E-state index contributed by atoms with van der Waals surface area (Å²) >= 11 is 0. The zero-order chi connectivity index (χ0) is 18.8. The highest BCUT2D eigenvalue weighted by Gasteiger charge is 2.31. The fraction of sp³-hybridized carbons (Fsp3) is 0.650. The van der Waals surface area contributed by atoms with Gasteiger partial charge in [0.15, 0.2) is 0 Å². The molecule has 4 unspecified atom stereocenters. The molecule has 4 rings (SSSR count). The lowest BCUT2D eigenvalue weighted by Gasteiger charge is -2.29. The van der Waals surface area contributed by atoms with Gasteiger partial charge in [-0.15, -0.1) is 0 Å². The van der Waals surface area contributed by atoms with Crippen molar-refractivity contribution >= 4 is 5.91 Å². The van der Waals surface area contributed by atoms with Crippen LogP contribution in [0.5, 0.6) is 0 Å². The molecule has 1 aromatic carbocycles. The van der Waals surface area contributed by atoms with Gasteiger partial charge in [0, 0.05) is 13.0 Å². The standard InChI is InChI=1S/C20H30N4O3/c1-3-17-23-19(24-27-17)13-4-6-15-12(10-13)5-7-16(15)22-20(25)14-8-9-21-18(11-14)26-2/h4,6,10,14,16-19,21,23-24H,3,5,7-9,11H2,1-2H3,(H,22,25)/t14?,16-,17?,18?,19?/m1/s1. The van der Waals surface area contributed by atoms with Gasteiger partial charge in [-0.2, -0.15) is 5.48 Å². The molecule has 2 aliphatic heterocycles. The third kappa shape index (κ3) is 4.02. The average Bonchev–Trinajstić information content (AvgIpc) is 3.35. The molecule has 2 saturated heterocycles. The van der Waals surface area contributed by atoms with Gasteiger partial charge in [0.1, 0.15) is 18.6 Å². The molecule has 0 bridgehead atoms. The zero-order valence-electron chi connectivity index (χ0n) is 16.1. The molecule has 2 heterocycles. The van der Waals surface area contributed by atoms with Crippen molar-refractivity contribution in [2.24, 2.45) is 5.92 Å². The van der Waals surface area contributed by atoms with E-state index in [0.29, 0.717) is 0 Å². The van der Waals surface area contributed by atoms with Crippen molar-refractivity contribution < 1.29 is 14.4 Å². The topological polar surface area (TPSA) is 83.7 Å². The molecule has 7 heteroatoms. The number of amides is 1. The van der Waals surface area contributed by atoms with E-state index >= 15 is 0 Å². The fourth-order valence-electron chi connectivity index (χ4n) is 4.32. The summed E-state index contributed by atoms with van der Waals surface area (Å²) in [7, 11) is 1.69. The predicted octanol–water partition coefficient (Wildman–Crippen LogP) is 1.62. The van der Waals surface area contributed by atoms with Crippen molar-refractivity contribution in [1.29, 1.82) is 0 Å². The Balaban J connectivity index is 1.39. The van der Waals surface area contributed by atoms with Crippen molar-refractivity contribution in [1.82, 2.24) is 21.4 Å². The number of hydroxylamine groups is 1. The van der Waals surface area contributed by atoms with Crippen molar-refractivity contribution in [3.8, 4) is 0 Å². The summed E-state index contributed by atoms with van der Waals surface area (Å²) in [5.41, 5.74) is 6.81. The molecule has 1 aliphatic carbocycles. The average molecular weight is 374 g/mol. The van der Waals surface area contributed by atoms with Crippen LogP contribution in [-0.2, 0) is 20.8 Å². The van der Waals surface area contributed by atoms with Gasteiger partial charge in [-0.25, -0.2) is 0 Å². The van der Waals surface area contributed by atoms with E-state index in [4.69, 9.17) is 9.57 Å². The Hall–Kier alpha value is -1.51. The molecular formula is C20H30N4O3. The lowest BCUT2D eigenvalue weighted by Crippen LogP contribution is -2.45. The summed E-state index contributed by atoms with van der Waals surface area (Å²) in [5.74, 6) is 0.174. The highest BCUT2D eigenvalue weighted by molar-refractivity contribution is 5.79. The molecule has 0 spiro atoms. The van der Waals surface area contributed by atoms with Crippen molar-refractivity contribution in [3.63, 3.8) is 0 Å². The molecule has 7 nitrogen and oxygen atoms in total. The number of hydrogen-bond donors (Lipinski definition) is 4. The second kappa shape index (κ2) is 8.24. The second-order valence-electron chi connectivity index (χ2n) is 7.69. The molecule has 1 aromatic rings. The molecule has 0 aromatic heterocycles. The minimum Gasteiger partial charge on any atom is -0.367 e. The lowest BCUT2D eigenvalue weighted by atomic mass is 9.95. The van der Waals surface area contributed by atoms with Crippen molar-refractivity contribution in [2.75, 3.05) is 13.7 Å². The van der Waals surface area contributed by atoms with E-state index in [1.54, 1.807) is 7.11 Å². The Morgan fingerprint density at radius 2 is 2.26 bits per heavy atom. The van der Waals surface area contributed by atoms with Crippen molar-refractivity contribution in [3.05, 3.63) is 34.9 Å². The SMILES string of the molecule is CCC1NC(c2ccc3c(c2)CC[C@H]3NC(=O)C2CCNC(OC)C2)NO1. The van der Waals surface area contributed by atoms with Gasteiger partial charge in [0.2, 0.25) is 5.91 Å². The van der Waals surface area contributed by atoms with Gasteiger partial charge in [-0.3, -0.25) is 20.3 Å². The lowest BCUT2D eigenvalue weighted by molar-refractivity contribution is -0.128. The van der Waals surface area contributed by atoms with Crippen LogP contribution in [0.15, 0.2) is 18.2 Å². The van der Waals surface area contributed by atoms with Gasteiger partial charge in [-0.05, 0) is 55.3 Å². The fourth-order valence-corrected chi connectivity index (χ4v) is 4.32. The van der Waals surface area contributed by atoms with Crippen LogP contribution in [0.1, 0.15) is 61.5 Å².